The molecule has 2 heterocycles. The van der Waals surface area contributed by atoms with Crippen molar-refractivity contribution in [2.75, 3.05) is 0 Å². The first kappa shape index (κ1) is 10.2. The fourth-order valence-electron chi connectivity index (χ4n) is 1.15. The predicted molar refractivity (Wildman–Crippen MR) is 59.9 cm³/mol. The molecule has 0 amide bonds. The normalized spacial score (nSPS) is 10.3. The molecule has 0 saturated carbocycles. The summed E-state index contributed by atoms with van der Waals surface area (Å²) in [7, 11) is 0. The SMILES string of the molecule is O=c1ccc(Cl)cn1-c1ccc(Cl)cn1. The number of halogens is 2. The van der Waals surface area contributed by atoms with Crippen molar-refractivity contribution in [3.05, 3.63) is 57.1 Å². The van der Waals surface area contributed by atoms with E-state index in [0.29, 0.717) is 15.9 Å². The van der Waals surface area contributed by atoms with Crippen LogP contribution in [0.5, 0.6) is 0 Å². The van der Waals surface area contributed by atoms with E-state index in [0.717, 1.165) is 0 Å². The molecule has 15 heavy (non-hydrogen) atoms. The molecule has 2 rings (SSSR count). The third kappa shape index (κ3) is 2.19. The standard InChI is InChI=1S/C10H6Cl2N2O/c11-7-1-3-9(13-5-7)14-6-8(12)2-4-10(14)15/h1-6H. The lowest BCUT2D eigenvalue weighted by Crippen LogP contribution is -2.16. The van der Waals surface area contributed by atoms with E-state index in [1.165, 1.54) is 29.1 Å². The van der Waals surface area contributed by atoms with E-state index in [1.54, 1.807) is 12.1 Å². The fourth-order valence-corrected chi connectivity index (χ4v) is 1.42. The summed E-state index contributed by atoms with van der Waals surface area (Å²) in [4.78, 5) is 15.5. The molecule has 0 atom stereocenters. The van der Waals surface area contributed by atoms with Crippen LogP contribution in [-0.2, 0) is 0 Å². The molecule has 0 aliphatic rings. The highest BCUT2D eigenvalue weighted by Gasteiger charge is 2.01. The fraction of sp³-hybridized carbons (Fsp3) is 0. The van der Waals surface area contributed by atoms with Crippen LogP contribution in [0.4, 0.5) is 0 Å². The van der Waals surface area contributed by atoms with Crippen molar-refractivity contribution in [1.29, 1.82) is 0 Å². The first-order valence-electron chi connectivity index (χ1n) is 4.17. The summed E-state index contributed by atoms with van der Waals surface area (Å²) >= 11 is 11.5. The van der Waals surface area contributed by atoms with Crippen LogP contribution in [0.15, 0.2) is 41.5 Å². The van der Waals surface area contributed by atoms with Gasteiger partial charge < -0.3 is 0 Å². The van der Waals surface area contributed by atoms with Crippen molar-refractivity contribution in [3.8, 4) is 5.82 Å². The van der Waals surface area contributed by atoms with Gasteiger partial charge in [0.15, 0.2) is 0 Å². The van der Waals surface area contributed by atoms with Gasteiger partial charge in [-0.25, -0.2) is 4.98 Å². The Balaban J connectivity index is 2.58. The van der Waals surface area contributed by atoms with Gasteiger partial charge in [-0.15, -0.1) is 0 Å². The summed E-state index contributed by atoms with van der Waals surface area (Å²) in [5.74, 6) is 0.493. The number of hydrogen-bond donors (Lipinski definition) is 0. The average molecular weight is 241 g/mol. The van der Waals surface area contributed by atoms with Crippen LogP contribution in [0, 0.1) is 0 Å². The van der Waals surface area contributed by atoms with Crippen LogP contribution in [0.25, 0.3) is 5.82 Å². The molecule has 0 spiro atoms. The average Bonchev–Trinajstić information content (AvgIpc) is 2.23. The third-order valence-electron chi connectivity index (χ3n) is 1.83. The Morgan fingerprint density at radius 3 is 2.47 bits per heavy atom. The lowest BCUT2D eigenvalue weighted by Gasteiger charge is -2.03. The van der Waals surface area contributed by atoms with Gasteiger partial charge in [-0.05, 0) is 18.2 Å². The van der Waals surface area contributed by atoms with E-state index >= 15 is 0 Å². The van der Waals surface area contributed by atoms with Gasteiger partial charge in [-0.1, -0.05) is 23.2 Å². The number of nitrogens with zero attached hydrogens (tertiary/aromatic N) is 2. The summed E-state index contributed by atoms with van der Waals surface area (Å²) in [6, 6.07) is 6.24. The zero-order valence-electron chi connectivity index (χ0n) is 7.52. The first-order chi connectivity index (χ1) is 7.16. The molecule has 2 aromatic heterocycles. The molecule has 0 aliphatic carbocycles. The van der Waals surface area contributed by atoms with Crippen molar-refractivity contribution in [1.82, 2.24) is 9.55 Å². The maximum atomic E-state index is 11.5. The second kappa shape index (κ2) is 4.04. The van der Waals surface area contributed by atoms with Crippen LogP contribution in [0.3, 0.4) is 0 Å². The summed E-state index contributed by atoms with van der Waals surface area (Å²) in [6.07, 6.45) is 2.99. The Hall–Kier alpha value is -1.32. The quantitative estimate of drug-likeness (QED) is 0.768. The molecule has 0 unspecified atom stereocenters. The Morgan fingerprint density at radius 1 is 1.07 bits per heavy atom. The van der Waals surface area contributed by atoms with Crippen molar-refractivity contribution >= 4 is 23.2 Å². The van der Waals surface area contributed by atoms with Crippen LogP contribution in [-0.4, -0.2) is 9.55 Å². The van der Waals surface area contributed by atoms with Gasteiger partial charge in [-0.2, -0.15) is 0 Å². The molecule has 0 N–H and O–H groups in total. The maximum absolute atomic E-state index is 11.5. The van der Waals surface area contributed by atoms with E-state index in [9.17, 15) is 4.79 Å². The maximum Gasteiger partial charge on any atom is 0.256 e. The largest absolute Gasteiger partial charge is 0.269 e. The van der Waals surface area contributed by atoms with Crippen molar-refractivity contribution in [3.63, 3.8) is 0 Å². The molecule has 0 aliphatic heterocycles. The van der Waals surface area contributed by atoms with E-state index in [2.05, 4.69) is 4.98 Å². The monoisotopic (exact) mass is 240 g/mol. The molecule has 0 saturated heterocycles. The molecular formula is C10H6Cl2N2O. The summed E-state index contributed by atoms with van der Waals surface area (Å²) in [5.41, 5.74) is -0.186. The lowest BCUT2D eigenvalue weighted by molar-refractivity contribution is 0.941. The Bertz CT molecular complexity index is 534. The van der Waals surface area contributed by atoms with E-state index in [1.807, 2.05) is 0 Å². The number of pyridine rings is 2. The highest BCUT2D eigenvalue weighted by atomic mass is 35.5. The second-order valence-corrected chi connectivity index (χ2v) is 3.76. The van der Waals surface area contributed by atoms with Gasteiger partial charge in [0.25, 0.3) is 5.56 Å². The minimum atomic E-state index is -0.186. The number of aromatic nitrogens is 2. The van der Waals surface area contributed by atoms with Crippen LogP contribution < -0.4 is 5.56 Å². The molecule has 0 fully saturated rings. The molecule has 0 aromatic carbocycles. The molecule has 0 radical (unpaired) electrons. The lowest BCUT2D eigenvalue weighted by atomic mass is 10.4. The molecule has 3 nitrogen and oxygen atoms in total. The van der Waals surface area contributed by atoms with Crippen LogP contribution in [0.1, 0.15) is 0 Å². The summed E-state index contributed by atoms with van der Waals surface area (Å²) in [5, 5.41) is 1.00. The van der Waals surface area contributed by atoms with Crippen LogP contribution in [0.2, 0.25) is 10.0 Å². The highest BCUT2D eigenvalue weighted by Crippen LogP contribution is 2.10. The third-order valence-corrected chi connectivity index (χ3v) is 2.28. The summed E-state index contributed by atoms with van der Waals surface area (Å²) in [6.45, 7) is 0. The van der Waals surface area contributed by atoms with Gasteiger partial charge in [0, 0.05) is 18.5 Å². The first-order valence-corrected chi connectivity index (χ1v) is 4.92. The number of hydrogen-bond acceptors (Lipinski definition) is 2. The minimum Gasteiger partial charge on any atom is -0.269 e. The van der Waals surface area contributed by atoms with E-state index in [4.69, 9.17) is 23.2 Å². The Morgan fingerprint density at radius 2 is 1.80 bits per heavy atom. The highest BCUT2D eigenvalue weighted by molar-refractivity contribution is 6.30. The minimum absolute atomic E-state index is 0.186. The predicted octanol–water partition coefficient (Wildman–Crippen LogP) is 2.54. The van der Waals surface area contributed by atoms with Gasteiger partial charge in [0.05, 0.1) is 10.0 Å². The Labute approximate surface area is 95.9 Å². The summed E-state index contributed by atoms with van der Waals surface area (Å²) < 4.78 is 1.36. The molecule has 0 bridgehead atoms. The van der Waals surface area contributed by atoms with Crippen molar-refractivity contribution in [2.45, 2.75) is 0 Å². The second-order valence-electron chi connectivity index (χ2n) is 2.89. The van der Waals surface area contributed by atoms with E-state index in [-0.39, 0.29) is 5.56 Å². The van der Waals surface area contributed by atoms with Crippen molar-refractivity contribution in [2.24, 2.45) is 0 Å². The molecule has 5 heteroatoms. The smallest absolute Gasteiger partial charge is 0.256 e. The van der Waals surface area contributed by atoms with Gasteiger partial charge in [0.2, 0.25) is 0 Å². The van der Waals surface area contributed by atoms with E-state index < -0.39 is 0 Å². The topological polar surface area (TPSA) is 34.9 Å². The van der Waals surface area contributed by atoms with Crippen LogP contribution >= 0.6 is 23.2 Å². The molecule has 2 aromatic rings. The zero-order valence-corrected chi connectivity index (χ0v) is 9.03. The zero-order chi connectivity index (χ0) is 10.8. The number of rotatable bonds is 1. The molecule has 76 valence electrons. The van der Waals surface area contributed by atoms with Gasteiger partial charge in [-0.3, -0.25) is 9.36 Å². The Kier molecular flexibility index (Phi) is 2.75. The van der Waals surface area contributed by atoms with Gasteiger partial charge in [0.1, 0.15) is 5.82 Å². The van der Waals surface area contributed by atoms with Crippen molar-refractivity contribution < 1.29 is 0 Å². The van der Waals surface area contributed by atoms with Gasteiger partial charge >= 0.3 is 0 Å². The molecular weight excluding hydrogens is 235 g/mol.